The summed E-state index contributed by atoms with van der Waals surface area (Å²) in [7, 11) is 0. The highest BCUT2D eigenvalue weighted by atomic mass is 16.4. The van der Waals surface area contributed by atoms with Gasteiger partial charge in [-0.15, -0.1) is 5.16 Å². The van der Waals surface area contributed by atoms with Crippen LogP contribution < -0.4 is 0 Å². The topological polar surface area (TPSA) is 32.6 Å². The summed E-state index contributed by atoms with van der Waals surface area (Å²) in [5.74, 6) is 0. The van der Waals surface area contributed by atoms with Crippen molar-refractivity contribution >= 4 is 6.21 Å². The lowest BCUT2D eigenvalue weighted by molar-refractivity contribution is 0.317. The van der Waals surface area contributed by atoms with Crippen molar-refractivity contribution in [1.82, 2.24) is 0 Å². The molecule has 1 rings (SSSR count). The van der Waals surface area contributed by atoms with Crippen LogP contribution in [0.3, 0.4) is 0 Å². The third kappa shape index (κ3) is 1.84. The lowest BCUT2D eigenvalue weighted by Gasteiger charge is -2.18. The van der Waals surface area contributed by atoms with Crippen molar-refractivity contribution in [3.63, 3.8) is 0 Å². The zero-order valence-electron chi connectivity index (χ0n) is 7.36. The molecule has 12 heavy (non-hydrogen) atoms. The molecule has 0 bridgehead atoms. The fourth-order valence-corrected chi connectivity index (χ4v) is 1.09. The van der Waals surface area contributed by atoms with E-state index in [0.29, 0.717) is 0 Å². The van der Waals surface area contributed by atoms with Crippen molar-refractivity contribution in [3.05, 3.63) is 35.9 Å². The fraction of sp³-hybridized carbons (Fsp3) is 0.300. The van der Waals surface area contributed by atoms with Crippen molar-refractivity contribution in [3.8, 4) is 0 Å². The van der Waals surface area contributed by atoms with Gasteiger partial charge in [0.15, 0.2) is 0 Å². The Kier molecular flexibility index (Phi) is 2.48. The SMILES string of the molecule is CC(C)(/C=N/O)c1ccccc1. The first-order valence-electron chi connectivity index (χ1n) is 3.91. The minimum absolute atomic E-state index is 0.198. The zero-order chi connectivity index (χ0) is 9.03. The Morgan fingerprint density at radius 2 is 1.83 bits per heavy atom. The van der Waals surface area contributed by atoms with Gasteiger partial charge in [0.25, 0.3) is 0 Å². The smallest absolute Gasteiger partial charge is 0.0536 e. The summed E-state index contributed by atoms with van der Waals surface area (Å²) in [5.41, 5.74) is 0.943. The summed E-state index contributed by atoms with van der Waals surface area (Å²) in [6.07, 6.45) is 1.53. The van der Waals surface area contributed by atoms with Gasteiger partial charge in [0.05, 0.1) is 6.21 Å². The summed E-state index contributed by atoms with van der Waals surface area (Å²) >= 11 is 0. The van der Waals surface area contributed by atoms with E-state index >= 15 is 0 Å². The van der Waals surface area contributed by atoms with E-state index in [1.807, 2.05) is 44.2 Å². The molecule has 2 nitrogen and oxygen atoms in total. The van der Waals surface area contributed by atoms with Gasteiger partial charge in [0, 0.05) is 5.41 Å². The maximum Gasteiger partial charge on any atom is 0.0536 e. The standard InChI is InChI=1S/C10H13NO/c1-10(2,8-11-12)9-6-4-3-5-7-9/h3-8,12H,1-2H3/b11-8+. The molecule has 0 saturated carbocycles. The van der Waals surface area contributed by atoms with Crippen LogP contribution in [0.5, 0.6) is 0 Å². The van der Waals surface area contributed by atoms with E-state index in [0.717, 1.165) is 5.56 Å². The fourth-order valence-electron chi connectivity index (χ4n) is 1.09. The van der Waals surface area contributed by atoms with Crippen molar-refractivity contribution in [2.45, 2.75) is 19.3 Å². The van der Waals surface area contributed by atoms with Gasteiger partial charge in [-0.1, -0.05) is 44.2 Å². The molecule has 0 amide bonds. The van der Waals surface area contributed by atoms with Gasteiger partial charge >= 0.3 is 0 Å². The molecule has 0 aliphatic heterocycles. The second-order valence-corrected chi connectivity index (χ2v) is 3.33. The molecule has 1 N–H and O–H groups in total. The second kappa shape index (κ2) is 3.39. The minimum atomic E-state index is -0.198. The molecule has 0 radical (unpaired) electrons. The van der Waals surface area contributed by atoms with Crippen LogP contribution in [-0.4, -0.2) is 11.4 Å². The molecule has 0 aromatic heterocycles. The van der Waals surface area contributed by atoms with Crippen LogP contribution in [0.1, 0.15) is 19.4 Å². The van der Waals surface area contributed by atoms with Crippen LogP contribution in [0.25, 0.3) is 0 Å². The van der Waals surface area contributed by atoms with Gasteiger partial charge in [0.2, 0.25) is 0 Å². The van der Waals surface area contributed by atoms with Crippen LogP contribution >= 0.6 is 0 Å². The van der Waals surface area contributed by atoms with Crippen molar-refractivity contribution in [2.75, 3.05) is 0 Å². The van der Waals surface area contributed by atoms with Crippen LogP contribution in [0.2, 0.25) is 0 Å². The Morgan fingerprint density at radius 1 is 1.25 bits per heavy atom. The molecule has 0 atom stereocenters. The Bertz CT molecular complexity index is 264. The Hall–Kier alpha value is -1.31. The first-order valence-corrected chi connectivity index (χ1v) is 3.91. The number of oxime groups is 1. The second-order valence-electron chi connectivity index (χ2n) is 3.33. The predicted octanol–water partition coefficient (Wildman–Crippen LogP) is 2.42. The normalized spacial score (nSPS) is 12.2. The molecule has 0 aliphatic rings. The largest absolute Gasteiger partial charge is 0.411 e. The molecule has 1 aromatic carbocycles. The van der Waals surface area contributed by atoms with E-state index in [1.54, 1.807) is 0 Å². The highest BCUT2D eigenvalue weighted by Crippen LogP contribution is 2.19. The van der Waals surface area contributed by atoms with E-state index in [-0.39, 0.29) is 5.41 Å². The molecule has 1 aromatic rings. The van der Waals surface area contributed by atoms with E-state index < -0.39 is 0 Å². The Morgan fingerprint density at radius 3 is 2.33 bits per heavy atom. The van der Waals surface area contributed by atoms with E-state index in [1.165, 1.54) is 6.21 Å². The highest BCUT2D eigenvalue weighted by molar-refractivity contribution is 5.71. The van der Waals surface area contributed by atoms with Crippen LogP contribution in [-0.2, 0) is 5.41 Å². The van der Waals surface area contributed by atoms with Crippen LogP contribution in [0, 0.1) is 0 Å². The molecule has 0 unspecified atom stereocenters. The quantitative estimate of drug-likeness (QED) is 0.405. The summed E-state index contributed by atoms with van der Waals surface area (Å²) in [5, 5.41) is 11.5. The van der Waals surface area contributed by atoms with Crippen LogP contribution in [0.4, 0.5) is 0 Å². The van der Waals surface area contributed by atoms with E-state index in [9.17, 15) is 0 Å². The number of hydrogen-bond donors (Lipinski definition) is 1. The monoisotopic (exact) mass is 163 g/mol. The third-order valence-electron chi connectivity index (χ3n) is 1.90. The lowest BCUT2D eigenvalue weighted by atomic mass is 9.86. The lowest BCUT2D eigenvalue weighted by Crippen LogP contribution is -2.18. The molecule has 0 heterocycles. The average Bonchev–Trinajstić information content (AvgIpc) is 2.06. The molecular formula is C10H13NO. The van der Waals surface area contributed by atoms with Crippen molar-refractivity contribution in [1.29, 1.82) is 0 Å². The molecular weight excluding hydrogens is 150 g/mol. The maximum atomic E-state index is 8.43. The Labute approximate surface area is 72.5 Å². The summed E-state index contributed by atoms with van der Waals surface area (Å²) < 4.78 is 0. The highest BCUT2D eigenvalue weighted by Gasteiger charge is 2.17. The number of rotatable bonds is 2. The number of benzene rings is 1. The van der Waals surface area contributed by atoms with Gasteiger partial charge in [-0.2, -0.15) is 0 Å². The first kappa shape index (κ1) is 8.78. The first-order chi connectivity index (χ1) is 5.67. The predicted molar refractivity (Wildman–Crippen MR) is 49.7 cm³/mol. The molecule has 0 saturated heterocycles. The minimum Gasteiger partial charge on any atom is -0.411 e. The van der Waals surface area contributed by atoms with Gasteiger partial charge < -0.3 is 5.21 Å². The molecule has 64 valence electrons. The van der Waals surface area contributed by atoms with Gasteiger partial charge in [-0.05, 0) is 5.56 Å². The van der Waals surface area contributed by atoms with Gasteiger partial charge in [-0.3, -0.25) is 0 Å². The van der Waals surface area contributed by atoms with Gasteiger partial charge in [-0.25, -0.2) is 0 Å². The van der Waals surface area contributed by atoms with Crippen LogP contribution in [0.15, 0.2) is 35.5 Å². The zero-order valence-corrected chi connectivity index (χ0v) is 7.36. The third-order valence-corrected chi connectivity index (χ3v) is 1.90. The summed E-state index contributed by atoms with van der Waals surface area (Å²) in [6.45, 7) is 4.00. The molecule has 2 heteroatoms. The van der Waals surface area contributed by atoms with Gasteiger partial charge in [0.1, 0.15) is 0 Å². The van der Waals surface area contributed by atoms with Crippen molar-refractivity contribution in [2.24, 2.45) is 5.16 Å². The number of nitrogens with zero attached hydrogens (tertiary/aromatic N) is 1. The number of hydrogen-bond acceptors (Lipinski definition) is 2. The summed E-state index contributed by atoms with van der Waals surface area (Å²) in [4.78, 5) is 0. The van der Waals surface area contributed by atoms with E-state index in [2.05, 4.69) is 5.16 Å². The van der Waals surface area contributed by atoms with E-state index in [4.69, 9.17) is 5.21 Å². The summed E-state index contributed by atoms with van der Waals surface area (Å²) in [6, 6.07) is 9.95. The molecule has 0 spiro atoms. The molecule has 0 aliphatic carbocycles. The Balaban J connectivity index is 2.97. The molecule has 0 fully saturated rings. The van der Waals surface area contributed by atoms with Crippen molar-refractivity contribution < 1.29 is 5.21 Å². The average molecular weight is 163 g/mol. The maximum absolute atomic E-state index is 8.43.